The Bertz CT molecular complexity index is 1220. The molecule has 0 aliphatic carbocycles. The van der Waals surface area contributed by atoms with Crippen LogP contribution in [0.4, 0.5) is 0 Å². The Morgan fingerprint density at radius 2 is 1.69 bits per heavy atom. The van der Waals surface area contributed by atoms with E-state index in [1.54, 1.807) is 6.20 Å². The van der Waals surface area contributed by atoms with Crippen molar-refractivity contribution in [2.75, 3.05) is 26.2 Å². The molecule has 7 heteroatoms. The number of hydrogen-bond acceptors (Lipinski definition) is 4. The summed E-state index contributed by atoms with van der Waals surface area (Å²) in [6, 6.07) is 10.3. The van der Waals surface area contributed by atoms with Crippen LogP contribution in [0.1, 0.15) is 67.9 Å². The number of amides is 2. The summed E-state index contributed by atoms with van der Waals surface area (Å²) in [5.74, 6) is 0.668. The van der Waals surface area contributed by atoms with Crippen molar-refractivity contribution in [2.45, 2.75) is 58.9 Å². The average molecular weight is 474 g/mol. The summed E-state index contributed by atoms with van der Waals surface area (Å²) in [6.07, 6.45) is 6.37. The minimum Gasteiger partial charge on any atom is -0.343 e. The monoisotopic (exact) mass is 473 g/mol. The SMILES string of the molecule is Cc1ccc(-c2cc(C(=O)N3CCC(CC(=O)N4CCCC4)CC3)c3cnn(C(C)C)c3n2)cc1. The van der Waals surface area contributed by atoms with Gasteiger partial charge in [0.1, 0.15) is 0 Å². The van der Waals surface area contributed by atoms with Gasteiger partial charge < -0.3 is 9.80 Å². The summed E-state index contributed by atoms with van der Waals surface area (Å²) < 4.78 is 1.89. The molecule has 2 aliphatic heterocycles. The predicted octanol–water partition coefficient (Wildman–Crippen LogP) is 4.85. The predicted molar refractivity (Wildman–Crippen MR) is 137 cm³/mol. The maximum atomic E-state index is 13.8. The standard InChI is InChI=1S/C28H35N5O2/c1-19(2)33-27-24(18-29-33)23(17-25(30-27)22-8-6-20(3)7-9-22)28(35)32-14-10-21(11-15-32)16-26(34)31-12-4-5-13-31/h6-9,17-19,21H,4-5,10-16H2,1-3H3. The van der Waals surface area contributed by atoms with Gasteiger partial charge in [0.2, 0.25) is 5.91 Å². The number of rotatable bonds is 5. The van der Waals surface area contributed by atoms with Crippen LogP contribution in [0.5, 0.6) is 0 Å². The zero-order valence-electron chi connectivity index (χ0n) is 21.0. The summed E-state index contributed by atoms with van der Waals surface area (Å²) >= 11 is 0. The third-order valence-electron chi connectivity index (χ3n) is 7.46. The normalized spacial score (nSPS) is 17.0. The first-order valence-corrected chi connectivity index (χ1v) is 12.9. The Morgan fingerprint density at radius 1 is 1.00 bits per heavy atom. The van der Waals surface area contributed by atoms with E-state index in [2.05, 4.69) is 50.1 Å². The minimum absolute atomic E-state index is 0.0263. The smallest absolute Gasteiger partial charge is 0.254 e. The van der Waals surface area contributed by atoms with E-state index in [0.717, 1.165) is 61.1 Å². The summed E-state index contributed by atoms with van der Waals surface area (Å²) in [5, 5.41) is 5.35. The van der Waals surface area contributed by atoms with Crippen LogP contribution in [0.2, 0.25) is 0 Å². The molecule has 0 saturated carbocycles. The Labute approximate surface area is 207 Å². The summed E-state index contributed by atoms with van der Waals surface area (Å²) in [6.45, 7) is 9.37. The van der Waals surface area contributed by atoms with Crippen LogP contribution in [0.25, 0.3) is 22.3 Å². The second-order valence-electron chi connectivity index (χ2n) is 10.4. The molecule has 0 unspecified atom stereocenters. The maximum absolute atomic E-state index is 13.8. The van der Waals surface area contributed by atoms with Gasteiger partial charge in [-0.05, 0) is 58.4 Å². The topological polar surface area (TPSA) is 71.3 Å². The van der Waals surface area contributed by atoms with Crippen molar-refractivity contribution in [2.24, 2.45) is 5.92 Å². The van der Waals surface area contributed by atoms with E-state index >= 15 is 0 Å². The van der Waals surface area contributed by atoms with Crippen LogP contribution in [-0.2, 0) is 4.79 Å². The fourth-order valence-corrected chi connectivity index (χ4v) is 5.30. The molecule has 1 aromatic carbocycles. The van der Waals surface area contributed by atoms with E-state index in [-0.39, 0.29) is 17.9 Å². The lowest BCUT2D eigenvalue weighted by atomic mass is 9.92. The van der Waals surface area contributed by atoms with E-state index in [0.29, 0.717) is 31.0 Å². The van der Waals surface area contributed by atoms with Crippen molar-refractivity contribution in [1.82, 2.24) is 24.6 Å². The Kier molecular flexibility index (Phi) is 6.58. The molecule has 0 atom stereocenters. The molecular formula is C28H35N5O2. The first kappa shape index (κ1) is 23.5. The van der Waals surface area contributed by atoms with Crippen LogP contribution >= 0.6 is 0 Å². The van der Waals surface area contributed by atoms with Gasteiger partial charge in [-0.25, -0.2) is 9.67 Å². The zero-order chi connectivity index (χ0) is 24.5. The van der Waals surface area contributed by atoms with Crippen LogP contribution in [0.3, 0.4) is 0 Å². The average Bonchev–Trinajstić information content (AvgIpc) is 3.54. The second kappa shape index (κ2) is 9.80. The minimum atomic E-state index is 0.0263. The molecule has 0 bridgehead atoms. The van der Waals surface area contributed by atoms with E-state index in [4.69, 9.17) is 4.98 Å². The number of carbonyl (C=O) groups is 2. The van der Waals surface area contributed by atoms with Crippen LogP contribution in [0, 0.1) is 12.8 Å². The number of piperidine rings is 1. The molecule has 2 aromatic heterocycles. The van der Waals surface area contributed by atoms with Gasteiger partial charge in [0, 0.05) is 44.2 Å². The van der Waals surface area contributed by atoms with Gasteiger partial charge in [-0.2, -0.15) is 5.10 Å². The van der Waals surface area contributed by atoms with Gasteiger partial charge in [-0.3, -0.25) is 9.59 Å². The van der Waals surface area contributed by atoms with E-state index in [1.807, 2.05) is 20.5 Å². The number of pyridine rings is 1. The van der Waals surface area contributed by atoms with E-state index in [9.17, 15) is 9.59 Å². The number of likely N-dealkylation sites (tertiary alicyclic amines) is 2. The van der Waals surface area contributed by atoms with Crippen molar-refractivity contribution in [3.8, 4) is 11.3 Å². The lowest BCUT2D eigenvalue weighted by molar-refractivity contribution is -0.131. The summed E-state index contributed by atoms with van der Waals surface area (Å²) in [7, 11) is 0. The molecule has 2 fully saturated rings. The highest BCUT2D eigenvalue weighted by Crippen LogP contribution is 2.29. The Morgan fingerprint density at radius 3 is 2.34 bits per heavy atom. The number of hydrogen-bond donors (Lipinski definition) is 0. The highest BCUT2D eigenvalue weighted by Gasteiger charge is 2.29. The number of aromatic nitrogens is 3. The molecule has 0 spiro atoms. The lowest BCUT2D eigenvalue weighted by Gasteiger charge is -2.32. The summed E-state index contributed by atoms with van der Waals surface area (Å²) in [5.41, 5.74) is 4.36. The molecule has 0 radical (unpaired) electrons. The molecule has 3 aromatic rings. The van der Waals surface area contributed by atoms with E-state index < -0.39 is 0 Å². The van der Waals surface area contributed by atoms with Crippen molar-refractivity contribution >= 4 is 22.8 Å². The van der Waals surface area contributed by atoms with Crippen LogP contribution < -0.4 is 0 Å². The van der Waals surface area contributed by atoms with Gasteiger partial charge in [-0.1, -0.05) is 29.8 Å². The molecule has 2 amide bonds. The third kappa shape index (κ3) is 4.81. The molecule has 2 saturated heterocycles. The number of aryl methyl sites for hydroxylation is 1. The largest absolute Gasteiger partial charge is 0.343 e. The Hall–Kier alpha value is -3.22. The lowest BCUT2D eigenvalue weighted by Crippen LogP contribution is -2.40. The van der Waals surface area contributed by atoms with Gasteiger partial charge in [0.05, 0.1) is 22.8 Å². The molecule has 0 N–H and O–H groups in total. The molecule has 7 nitrogen and oxygen atoms in total. The maximum Gasteiger partial charge on any atom is 0.254 e. The van der Waals surface area contributed by atoms with Crippen LogP contribution in [-0.4, -0.2) is 62.6 Å². The highest BCUT2D eigenvalue weighted by atomic mass is 16.2. The quantitative estimate of drug-likeness (QED) is 0.531. The van der Waals surface area contributed by atoms with Crippen molar-refractivity contribution in [3.63, 3.8) is 0 Å². The second-order valence-corrected chi connectivity index (χ2v) is 10.4. The fourth-order valence-electron chi connectivity index (χ4n) is 5.30. The first-order valence-electron chi connectivity index (χ1n) is 12.9. The van der Waals surface area contributed by atoms with E-state index in [1.165, 1.54) is 5.56 Å². The number of fused-ring (bicyclic) bond motifs is 1. The molecule has 4 heterocycles. The van der Waals surface area contributed by atoms with Gasteiger partial charge in [0.15, 0.2) is 5.65 Å². The van der Waals surface area contributed by atoms with Crippen molar-refractivity contribution < 1.29 is 9.59 Å². The number of benzene rings is 1. The number of carbonyl (C=O) groups excluding carboxylic acids is 2. The number of nitrogens with zero attached hydrogens (tertiary/aromatic N) is 5. The van der Waals surface area contributed by atoms with Crippen LogP contribution in [0.15, 0.2) is 36.5 Å². The van der Waals surface area contributed by atoms with Crippen molar-refractivity contribution in [1.29, 1.82) is 0 Å². The van der Waals surface area contributed by atoms with Gasteiger partial charge in [0.25, 0.3) is 5.91 Å². The molecule has 5 rings (SSSR count). The van der Waals surface area contributed by atoms with Gasteiger partial charge >= 0.3 is 0 Å². The van der Waals surface area contributed by atoms with Crippen molar-refractivity contribution in [3.05, 3.63) is 47.7 Å². The third-order valence-corrected chi connectivity index (χ3v) is 7.46. The first-order chi connectivity index (χ1) is 16.9. The molecular weight excluding hydrogens is 438 g/mol. The summed E-state index contributed by atoms with van der Waals surface area (Å²) in [4.78, 5) is 35.2. The highest BCUT2D eigenvalue weighted by molar-refractivity contribution is 6.06. The molecule has 2 aliphatic rings. The van der Waals surface area contributed by atoms with Gasteiger partial charge in [-0.15, -0.1) is 0 Å². The fraction of sp³-hybridized carbons (Fsp3) is 0.500. The Balaban J connectivity index is 1.38. The molecule has 184 valence electrons. The zero-order valence-corrected chi connectivity index (χ0v) is 21.0. The molecule has 35 heavy (non-hydrogen) atoms.